The van der Waals surface area contributed by atoms with Crippen molar-refractivity contribution in [1.29, 1.82) is 0 Å². The zero-order valence-corrected chi connectivity index (χ0v) is 40.9. The van der Waals surface area contributed by atoms with Crippen LogP contribution in [0, 0.1) is 0 Å². The molecule has 0 spiro atoms. The van der Waals surface area contributed by atoms with E-state index in [1.165, 1.54) is 122 Å². The number of amides is 1. The van der Waals surface area contributed by atoms with Gasteiger partial charge in [0, 0.05) is 0 Å². The Labute approximate surface area is 397 Å². The van der Waals surface area contributed by atoms with Crippen molar-refractivity contribution in [3.05, 3.63) is 0 Å². The minimum atomic E-state index is -1.84. The molecule has 0 saturated carbocycles. The van der Waals surface area contributed by atoms with E-state index in [0.29, 0.717) is 12.8 Å². The number of hydrogen-bond donors (Lipinski definition) is 11. The Kier molecular flexibility index (Phi) is 34.9. The quantitative estimate of drug-likeness (QED) is 0.0363. The molecule has 2 aliphatic rings. The molecule has 0 aliphatic carbocycles. The smallest absolute Gasteiger partial charge is 0.249 e. The summed E-state index contributed by atoms with van der Waals surface area (Å²) in [6, 6.07) is -1.27. The lowest BCUT2D eigenvalue weighted by molar-refractivity contribution is -0.359. The Morgan fingerprint density at radius 2 is 0.894 bits per heavy atom. The number of aliphatic hydroxyl groups excluding tert-OH is 10. The zero-order chi connectivity index (χ0) is 48.5. The fourth-order valence-corrected chi connectivity index (χ4v) is 9.05. The molecule has 2 fully saturated rings. The summed E-state index contributed by atoms with van der Waals surface area (Å²) in [7, 11) is 0. The number of hydrogen-bond acceptors (Lipinski definition) is 15. The summed E-state index contributed by atoms with van der Waals surface area (Å²) in [5.74, 6) is -0.757. The van der Waals surface area contributed by atoms with Crippen LogP contribution in [0.4, 0.5) is 0 Å². The normalized spacial score (nSPS) is 27.7. The first kappa shape index (κ1) is 61.0. The molecule has 0 bridgehead atoms. The first-order chi connectivity index (χ1) is 31.9. The Morgan fingerprint density at radius 1 is 0.500 bits per heavy atom. The van der Waals surface area contributed by atoms with E-state index in [2.05, 4.69) is 19.2 Å². The molecule has 2 aliphatic heterocycles. The van der Waals surface area contributed by atoms with Crippen LogP contribution in [0.3, 0.4) is 0 Å². The van der Waals surface area contributed by atoms with Gasteiger partial charge < -0.3 is 75.3 Å². The molecule has 2 heterocycles. The molecule has 16 nitrogen and oxygen atoms in total. The van der Waals surface area contributed by atoms with Crippen LogP contribution in [0.2, 0.25) is 0 Å². The largest absolute Gasteiger partial charge is 0.394 e. The van der Waals surface area contributed by atoms with Crippen LogP contribution >= 0.6 is 0 Å². The van der Waals surface area contributed by atoms with Crippen molar-refractivity contribution in [3.63, 3.8) is 0 Å². The van der Waals surface area contributed by atoms with Crippen LogP contribution in [0.5, 0.6) is 0 Å². The van der Waals surface area contributed by atoms with Gasteiger partial charge in [-0.1, -0.05) is 194 Å². The van der Waals surface area contributed by atoms with E-state index in [0.717, 1.165) is 44.9 Å². The molecule has 392 valence electrons. The maximum atomic E-state index is 13.3. The van der Waals surface area contributed by atoms with E-state index in [1.807, 2.05) is 0 Å². The molecule has 1 amide bonds. The van der Waals surface area contributed by atoms with Crippen LogP contribution in [0.1, 0.15) is 206 Å². The first-order valence-corrected chi connectivity index (χ1v) is 26.5. The number of aliphatic hydroxyl groups is 10. The van der Waals surface area contributed by atoms with E-state index >= 15 is 0 Å². The van der Waals surface area contributed by atoms with Crippen LogP contribution < -0.4 is 5.32 Å². The highest BCUT2D eigenvalue weighted by Gasteiger charge is 2.51. The van der Waals surface area contributed by atoms with Gasteiger partial charge in [-0.2, -0.15) is 0 Å². The molecule has 0 aromatic heterocycles. The molecule has 66 heavy (non-hydrogen) atoms. The molecular formula is C50H97NO15. The Hall–Kier alpha value is -1.09. The number of carbonyl (C=O) groups excluding carboxylic acids is 1. The summed E-state index contributed by atoms with van der Waals surface area (Å²) in [5.41, 5.74) is 0. The Balaban J connectivity index is 1.86. The van der Waals surface area contributed by atoms with Crippen LogP contribution in [-0.2, 0) is 23.7 Å². The molecule has 0 unspecified atom stereocenters. The molecule has 2 rings (SSSR count). The van der Waals surface area contributed by atoms with Crippen molar-refractivity contribution in [2.24, 2.45) is 0 Å². The van der Waals surface area contributed by atoms with Crippen molar-refractivity contribution in [2.45, 2.75) is 292 Å². The number of nitrogens with one attached hydrogen (secondary N) is 1. The Bertz CT molecular complexity index is 1160. The summed E-state index contributed by atoms with van der Waals surface area (Å²) in [5, 5.41) is 108. The third-order valence-electron chi connectivity index (χ3n) is 13.5. The second-order valence-electron chi connectivity index (χ2n) is 19.3. The van der Waals surface area contributed by atoms with Crippen molar-refractivity contribution in [3.8, 4) is 0 Å². The molecule has 11 N–H and O–H groups in total. The maximum Gasteiger partial charge on any atom is 0.249 e. The van der Waals surface area contributed by atoms with Crippen LogP contribution in [0.15, 0.2) is 0 Å². The average molecular weight is 952 g/mol. The van der Waals surface area contributed by atoms with E-state index in [1.54, 1.807) is 0 Å². The van der Waals surface area contributed by atoms with E-state index in [4.69, 9.17) is 18.9 Å². The lowest BCUT2D eigenvalue weighted by Crippen LogP contribution is -2.65. The predicted octanol–water partition coefficient (Wildman–Crippen LogP) is 4.94. The summed E-state index contributed by atoms with van der Waals surface area (Å²) >= 11 is 0. The van der Waals surface area contributed by atoms with E-state index in [9.17, 15) is 55.9 Å². The fraction of sp³-hybridized carbons (Fsp3) is 0.980. The second-order valence-corrected chi connectivity index (χ2v) is 19.3. The van der Waals surface area contributed by atoms with E-state index in [-0.39, 0.29) is 12.8 Å². The van der Waals surface area contributed by atoms with Gasteiger partial charge in [0.15, 0.2) is 12.6 Å². The van der Waals surface area contributed by atoms with Gasteiger partial charge in [0.25, 0.3) is 0 Å². The van der Waals surface area contributed by atoms with Gasteiger partial charge in [-0.3, -0.25) is 4.79 Å². The summed E-state index contributed by atoms with van der Waals surface area (Å²) in [6.45, 7) is 2.41. The van der Waals surface area contributed by atoms with Gasteiger partial charge in [-0.15, -0.1) is 0 Å². The lowest BCUT2D eigenvalue weighted by Gasteiger charge is -2.46. The summed E-state index contributed by atoms with van der Waals surface area (Å²) in [6.07, 6.45) is 12.7. The molecule has 2 saturated heterocycles. The molecule has 16 heteroatoms. The number of ether oxygens (including phenoxy) is 4. The number of unbranched alkanes of at least 4 members (excludes halogenated alkanes) is 26. The molecule has 0 radical (unpaired) electrons. The topological polar surface area (TPSA) is 268 Å². The minimum Gasteiger partial charge on any atom is -0.394 e. The molecule has 14 atom stereocenters. The van der Waals surface area contributed by atoms with Gasteiger partial charge in [-0.05, 0) is 12.8 Å². The third-order valence-corrected chi connectivity index (χ3v) is 13.5. The Morgan fingerprint density at radius 3 is 1.33 bits per heavy atom. The highest BCUT2D eigenvalue weighted by Crippen LogP contribution is 2.30. The molecule has 0 aromatic rings. The standard InChI is InChI=1S/C50H97NO15/c1-3-5-7-9-11-13-15-16-17-18-19-20-21-22-24-26-28-30-32-38(55)48(62)51-36(41(56)37(54)31-29-27-25-23-14-12-10-8-6-4-2)35-63-49-46(61)44(59)47(40(34-53)65-49)66-50-45(60)43(58)42(57)39(33-52)64-50/h36-47,49-50,52-61H,3-35H2,1-2H3,(H,51,62)/t36-,37+,38+,39+,40+,41-,42-,43-,44+,45+,46+,47+,49+,50-/m0/s1. The minimum absolute atomic E-state index is 0.208. The van der Waals surface area contributed by atoms with Gasteiger partial charge in [0.1, 0.15) is 61.0 Å². The first-order valence-electron chi connectivity index (χ1n) is 26.5. The van der Waals surface area contributed by atoms with Crippen LogP contribution in [-0.4, -0.2) is 163 Å². The zero-order valence-electron chi connectivity index (χ0n) is 40.9. The highest BCUT2D eigenvalue weighted by atomic mass is 16.7. The fourth-order valence-electron chi connectivity index (χ4n) is 9.05. The summed E-state index contributed by atoms with van der Waals surface area (Å²) in [4.78, 5) is 13.3. The summed E-state index contributed by atoms with van der Waals surface area (Å²) < 4.78 is 22.5. The van der Waals surface area contributed by atoms with Crippen molar-refractivity contribution in [1.82, 2.24) is 5.32 Å². The highest BCUT2D eigenvalue weighted by molar-refractivity contribution is 5.80. The van der Waals surface area contributed by atoms with Gasteiger partial charge in [0.05, 0.1) is 32.0 Å². The van der Waals surface area contributed by atoms with Crippen molar-refractivity contribution >= 4 is 5.91 Å². The lowest BCUT2D eigenvalue weighted by atomic mass is 9.97. The van der Waals surface area contributed by atoms with Crippen molar-refractivity contribution < 1.29 is 74.8 Å². The average Bonchev–Trinajstić information content (AvgIpc) is 3.31. The monoisotopic (exact) mass is 952 g/mol. The van der Waals surface area contributed by atoms with Gasteiger partial charge >= 0.3 is 0 Å². The second kappa shape index (κ2) is 37.7. The molecular weight excluding hydrogens is 855 g/mol. The van der Waals surface area contributed by atoms with Gasteiger partial charge in [0.2, 0.25) is 5.91 Å². The van der Waals surface area contributed by atoms with E-state index < -0.39 is 111 Å². The molecule has 0 aromatic carbocycles. The SMILES string of the molecule is CCCCCCCCCCCCCCCCCCCC[C@@H](O)C(=O)N[C@@H](CO[C@@H]1O[C@H](CO)[C@@H](O[C@@H]2O[C@H](CO)[C@H](O)[C@H](O)[C@H]2O)[C@H](O)[C@H]1O)[C@H](O)[C@H](O)CCCCCCCCCCCC. The number of rotatable bonds is 41. The van der Waals surface area contributed by atoms with Gasteiger partial charge in [-0.25, -0.2) is 0 Å². The third kappa shape index (κ3) is 24.2. The van der Waals surface area contributed by atoms with Crippen molar-refractivity contribution in [2.75, 3.05) is 19.8 Å². The maximum absolute atomic E-state index is 13.3. The predicted molar refractivity (Wildman–Crippen MR) is 252 cm³/mol. The number of carbonyl (C=O) groups is 1. The van der Waals surface area contributed by atoms with Crippen LogP contribution in [0.25, 0.3) is 0 Å².